The van der Waals surface area contributed by atoms with E-state index in [0.29, 0.717) is 23.5 Å². The molecule has 0 saturated heterocycles. The molecule has 3 heterocycles. The molecule has 1 aromatic heterocycles. The number of carbonyl (C=O) groups is 2. The second-order valence-electron chi connectivity index (χ2n) is 9.89. The molecule has 2 aliphatic heterocycles. The molecule has 1 aromatic carbocycles. The van der Waals surface area contributed by atoms with Crippen LogP contribution in [-0.4, -0.2) is 55.7 Å². The lowest BCUT2D eigenvalue weighted by Gasteiger charge is -2.42. The molecule has 0 fully saturated rings. The van der Waals surface area contributed by atoms with E-state index in [1.807, 2.05) is 28.5 Å². The van der Waals surface area contributed by atoms with Crippen LogP contribution in [0.3, 0.4) is 0 Å². The fourth-order valence-corrected chi connectivity index (χ4v) is 6.13. The molecule has 0 saturated carbocycles. The van der Waals surface area contributed by atoms with Crippen molar-refractivity contribution in [3.63, 3.8) is 0 Å². The van der Waals surface area contributed by atoms with Crippen molar-refractivity contribution in [3.8, 4) is 0 Å². The molecule has 2 unspecified atom stereocenters. The van der Waals surface area contributed by atoms with Crippen LogP contribution in [0.1, 0.15) is 42.8 Å². The van der Waals surface area contributed by atoms with E-state index in [-0.39, 0.29) is 5.70 Å². The highest BCUT2D eigenvalue weighted by Gasteiger charge is 2.57. The minimum atomic E-state index is -3.74. The zero-order chi connectivity index (χ0) is 25.8. The predicted molar refractivity (Wildman–Crippen MR) is 135 cm³/mol. The van der Waals surface area contributed by atoms with Gasteiger partial charge in [-0.3, -0.25) is 9.52 Å². The Morgan fingerprint density at radius 1 is 1.26 bits per heavy atom. The Morgan fingerprint density at radius 2 is 1.97 bits per heavy atom. The summed E-state index contributed by atoms with van der Waals surface area (Å²) in [7, 11) is -0.868. The van der Waals surface area contributed by atoms with Crippen LogP contribution in [0.2, 0.25) is 0 Å². The van der Waals surface area contributed by atoms with Crippen LogP contribution in [0, 0.1) is 0 Å². The van der Waals surface area contributed by atoms with E-state index >= 15 is 0 Å². The third-order valence-corrected chi connectivity index (χ3v) is 8.63. The second kappa shape index (κ2) is 8.65. The summed E-state index contributed by atoms with van der Waals surface area (Å²) in [5, 5.41) is 1.86. The van der Waals surface area contributed by atoms with Gasteiger partial charge in [-0.2, -0.15) is 12.7 Å². The zero-order valence-electron chi connectivity index (χ0n) is 20.4. The number of fused-ring (bicyclic) bond motifs is 3. The highest BCUT2D eigenvalue weighted by molar-refractivity contribution is 7.90. The van der Waals surface area contributed by atoms with Crippen molar-refractivity contribution in [2.45, 2.75) is 44.2 Å². The van der Waals surface area contributed by atoms with Gasteiger partial charge in [0.1, 0.15) is 16.7 Å². The van der Waals surface area contributed by atoms with E-state index in [4.69, 9.17) is 10.5 Å². The lowest BCUT2D eigenvalue weighted by atomic mass is 9.73. The summed E-state index contributed by atoms with van der Waals surface area (Å²) in [5.74, 6) is -1.13. The smallest absolute Gasteiger partial charge is 0.354 e. The van der Waals surface area contributed by atoms with E-state index in [9.17, 15) is 18.0 Å². The normalized spacial score (nSPS) is 21.8. The van der Waals surface area contributed by atoms with Crippen LogP contribution in [-0.2, 0) is 36.4 Å². The number of nitrogens with two attached hydrogens (primary N) is 1. The van der Waals surface area contributed by atoms with E-state index in [2.05, 4.69) is 4.72 Å². The second-order valence-corrected chi connectivity index (χ2v) is 12.7. The molecule has 1 amide bonds. The standard InChI is InChI=1S/C24H30N4O5S2/c1-23(2,3)33-21(29)18-14-24(22(25)30,19-7-6-12-34-19)20-17-13-16(26-35(31,32)27(4)5)9-8-15(17)10-11-28(18)20/h6-9,12-14,20,26H,10-11H2,1-5H3,(H2,25,30). The number of thiophene rings is 1. The van der Waals surface area contributed by atoms with Gasteiger partial charge < -0.3 is 15.4 Å². The average Bonchev–Trinajstić information content (AvgIpc) is 3.39. The van der Waals surface area contributed by atoms with Crippen LogP contribution in [0.4, 0.5) is 5.69 Å². The zero-order valence-corrected chi connectivity index (χ0v) is 22.0. The highest BCUT2D eigenvalue weighted by Crippen LogP contribution is 2.54. The van der Waals surface area contributed by atoms with E-state index in [1.54, 1.807) is 39.0 Å². The molecule has 0 spiro atoms. The van der Waals surface area contributed by atoms with Crippen molar-refractivity contribution in [2.24, 2.45) is 5.73 Å². The number of amides is 1. The fraction of sp³-hybridized carbons (Fsp3) is 0.417. The van der Waals surface area contributed by atoms with Gasteiger partial charge in [0, 0.05) is 25.5 Å². The molecule has 0 aliphatic carbocycles. The van der Waals surface area contributed by atoms with Crippen LogP contribution in [0.5, 0.6) is 0 Å². The molecule has 11 heteroatoms. The summed E-state index contributed by atoms with van der Waals surface area (Å²) in [5.41, 5.74) is 6.36. The van der Waals surface area contributed by atoms with Gasteiger partial charge in [-0.05, 0) is 68.0 Å². The number of hydrogen-bond donors (Lipinski definition) is 2. The Morgan fingerprint density at radius 3 is 2.54 bits per heavy atom. The van der Waals surface area contributed by atoms with Gasteiger partial charge in [-0.25, -0.2) is 4.79 Å². The Kier molecular flexibility index (Phi) is 6.23. The van der Waals surface area contributed by atoms with Crippen molar-refractivity contribution < 1.29 is 22.7 Å². The summed E-state index contributed by atoms with van der Waals surface area (Å²) >= 11 is 1.38. The molecule has 188 valence electrons. The predicted octanol–water partition coefficient (Wildman–Crippen LogP) is 2.53. The molecule has 35 heavy (non-hydrogen) atoms. The number of nitrogens with one attached hydrogen (secondary N) is 1. The van der Waals surface area contributed by atoms with Crippen LogP contribution in [0.25, 0.3) is 0 Å². The first-order valence-electron chi connectivity index (χ1n) is 11.2. The summed E-state index contributed by atoms with van der Waals surface area (Å²) < 4.78 is 34.2. The van der Waals surface area contributed by atoms with Crippen LogP contribution in [0.15, 0.2) is 47.5 Å². The van der Waals surface area contributed by atoms with E-state index < -0.39 is 39.1 Å². The average molecular weight is 519 g/mol. The van der Waals surface area contributed by atoms with Crippen LogP contribution < -0.4 is 10.5 Å². The highest BCUT2D eigenvalue weighted by atomic mass is 32.2. The Labute approximate surface area is 209 Å². The molecule has 9 nitrogen and oxygen atoms in total. The molecular formula is C24H30N4O5S2. The largest absolute Gasteiger partial charge is 0.455 e. The maximum Gasteiger partial charge on any atom is 0.354 e. The number of anilines is 1. The molecule has 2 aromatic rings. The minimum Gasteiger partial charge on any atom is -0.455 e. The third-order valence-electron chi connectivity index (χ3n) is 6.15. The number of nitrogens with zero attached hydrogens (tertiary/aromatic N) is 2. The van der Waals surface area contributed by atoms with Crippen molar-refractivity contribution in [2.75, 3.05) is 25.4 Å². The lowest BCUT2D eigenvalue weighted by Crippen LogP contribution is -2.48. The first-order valence-corrected chi connectivity index (χ1v) is 13.5. The van der Waals surface area contributed by atoms with Crippen molar-refractivity contribution in [1.29, 1.82) is 0 Å². The molecule has 4 rings (SSSR count). The number of rotatable bonds is 6. The molecule has 0 bridgehead atoms. The Hall–Kier alpha value is -2.89. The SMILES string of the molecule is CN(C)S(=O)(=O)Nc1ccc2c(c1)C1N(CC2)C(C(=O)OC(C)(C)C)=CC1(C(N)=O)c1cccs1. The fourth-order valence-electron chi connectivity index (χ4n) is 4.60. The Balaban J connectivity index is 1.89. The lowest BCUT2D eigenvalue weighted by molar-refractivity contribution is -0.152. The molecule has 2 aliphatic rings. The Bertz CT molecular complexity index is 1300. The van der Waals surface area contributed by atoms with Gasteiger partial charge in [0.2, 0.25) is 5.91 Å². The summed E-state index contributed by atoms with van der Waals surface area (Å²) in [6, 6.07) is 8.31. The molecule has 0 radical (unpaired) electrons. The van der Waals surface area contributed by atoms with Gasteiger partial charge in [0.15, 0.2) is 0 Å². The minimum absolute atomic E-state index is 0.280. The van der Waals surface area contributed by atoms with E-state index in [0.717, 1.165) is 15.4 Å². The van der Waals surface area contributed by atoms with Gasteiger partial charge in [-0.15, -0.1) is 11.3 Å². The quantitative estimate of drug-likeness (QED) is 0.567. The first-order chi connectivity index (χ1) is 16.3. The molecule has 3 N–H and O–H groups in total. The summed E-state index contributed by atoms with van der Waals surface area (Å²) in [4.78, 5) is 29.1. The van der Waals surface area contributed by atoms with Gasteiger partial charge >= 0.3 is 16.2 Å². The maximum absolute atomic E-state index is 13.3. The number of hydrogen-bond acceptors (Lipinski definition) is 7. The van der Waals surface area contributed by atoms with Gasteiger partial charge in [-0.1, -0.05) is 12.1 Å². The number of benzene rings is 1. The number of primary amides is 1. The summed E-state index contributed by atoms with van der Waals surface area (Å²) in [6.45, 7) is 5.83. The molecular weight excluding hydrogens is 488 g/mol. The van der Waals surface area contributed by atoms with Crippen molar-refractivity contribution in [1.82, 2.24) is 9.21 Å². The van der Waals surface area contributed by atoms with Crippen molar-refractivity contribution in [3.05, 3.63) is 63.5 Å². The van der Waals surface area contributed by atoms with Crippen LogP contribution >= 0.6 is 11.3 Å². The topological polar surface area (TPSA) is 122 Å². The van der Waals surface area contributed by atoms with E-state index in [1.165, 1.54) is 25.4 Å². The van der Waals surface area contributed by atoms with Crippen molar-refractivity contribution >= 4 is 39.1 Å². The maximum atomic E-state index is 13.3. The first kappa shape index (κ1) is 25.2. The summed E-state index contributed by atoms with van der Waals surface area (Å²) in [6.07, 6.45) is 2.23. The monoisotopic (exact) mass is 518 g/mol. The number of carbonyl (C=O) groups excluding carboxylic acids is 2. The molecule has 2 atom stereocenters. The number of ether oxygens (including phenoxy) is 1. The number of esters is 1. The van der Waals surface area contributed by atoms with Gasteiger partial charge in [0.05, 0.1) is 11.7 Å². The third kappa shape index (κ3) is 4.43. The van der Waals surface area contributed by atoms with Gasteiger partial charge in [0.25, 0.3) is 0 Å².